The highest BCUT2D eigenvalue weighted by Gasteiger charge is 2.26. The number of hydrogen-bond acceptors (Lipinski definition) is 6. The SMILES string of the molecule is CCc1cc(N2CCC(c3nnc(Cn4ccnc4C)n3C)CC2)nc(C)n1. The summed E-state index contributed by atoms with van der Waals surface area (Å²) < 4.78 is 4.25. The van der Waals surface area contributed by atoms with Gasteiger partial charge in [0.2, 0.25) is 0 Å². The van der Waals surface area contributed by atoms with E-state index in [1.54, 1.807) is 0 Å². The van der Waals surface area contributed by atoms with Crippen LogP contribution in [-0.4, -0.2) is 47.4 Å². The lowest BCUT2D eigenvalue weighted by atomic mass is 9.96. The van der Waals surface area contributed by atoms with Gasteiger partial charge in [0.1, 0.15) is 23.3 Å². The maximum atomic E-state index is 4.65. The molecule has 0 bridgehead atoms. The molecule has 3 aromatic heterocycles. The molecule has 4 rings (SSSR count). The summed E-state index contributed by atoms with van der Waals surface area (Å²) >= 11 is 0. The molecule has 148 valence electrons. The molecule has 8 heteroatoms. The van der Waals surface area contributed by atoms with Crippen LogP contribution in [-0.2, 0) is 20.0 Å². The van der Waals surface area contributed by atoms with Gasteiger partial charge >= 0.3 is 0 Å². The first-order valence-electron chi connectivity index (χ1n) is 10.0. The second kappa shape index (κ2) is 7.69. The quantitative estimate of drug-likeness (QED) is 0.676. The number of piperidine rings is 1. The molecule has 1 aliphatic heterocycles. The van der Waals surface area contributed by atoms with E-state index in [4.69, 9.17) is 0 Å². The van der Waals surface area contributed by atoms with Crippen molar-refractivity contribution in [1.82, 2.24) is 34.3 Å². The zero-order valence-corrected chi connectivity index (χ0v) is 17.1. The molecule has 0 spiro atoms. The first kappa shape index (κ1) is 18.6. The molecule has 0 aliphatic carbocycles. The molecule has 4 heterocycles. The second-order valence-electron chi connectivity index (χ2n) is 7.52. The molecule has 1 fully saturated rings. The summed E-state index contributed by atoms with van der Waals surface area (Å²) in [6, 6.07) is 2.13. The van der Waals surface area contributed by atoms with E-state index < -0.39 is 0 Å². The second-order valence-corrected chi connectivity index (χ2v) is 7.52. The standard InChI is InChI=1S/C20H28N8/c1-5-17-12-18(23-14(2)22-17)27-9-6-16(7-10-27)20-25-24-19(26(20)4)13-28-11-8-21-15(28)3/h8,11-12,16H,5-7,9-10,13H2,1-4H3. The molecule has 0 amide bonds. The topological polar surface area (TPSA) is 77.5 Å². The first-order valence-corrected chi connectivity index (χ1v) is 10.0. The van der Waals surface area contributed by atoms with E-state index in [1.165, 1.54) is 0 Å². The van der Waals surface area contributed by atoms with Gasteiger partial charge in [-0.1, -0.05) is 6.92 Å². The zero-order valence-electron chi connectivity index (χ0n) is 17.1. The monoisotopic (exact) mass is 380 g/mol. The van der Waals surface area contributed by atoms with Gasteiger partial charge in [0.15, 0.2) is 5.82 Å². The van der Waals surface area contributed by atoms with Crippen LogP contribution in [0.15, 0.2) is 18.5 Å². The van der Waals surface area contributed by atoms with E-state index in [9.17, 15) is 0 Å². The molecule has 0 unspecified atom stereocenters. The highest BCUT2D eigenvalue weighted by molar-refractivity contribution is 5.40. The van der Waals surface area contributed by atoms with E-state index in [1.807, 2.05) is 26.2 Å². The van der Waals surface area contributed by atoms with Crippen molar-refractivity contribution >= 4 is 5.82 Å². The van der Waals surface area contributed by atoms with Gasteiger partial charge in [-0.25, -0.2) is 15.0 Å². The summed E-state index contributed by atoms with van der Waals surface area (Å²) in [5.41, 5.74) is 1.11. The Bertz CT molecular complexity index is 949. The van der Waals surface area contributed by atoms with Gasteiger partial charge in [0, 0.05) is 50.2 Å². The minimum absolute atomic E-state index is 0.431. The number of aryl methyl sites for hydroxylation is 3. The number of hydrogen-bond donors (Lipinski definition) is 0. The minimum Gasteiger partial charge on any atom is -0.356 e. The number of nitrogens with zero attached hydrogens (tertiary/aromatic N) is 8. The van der Waals surface area contributed by atoms with Crippen LogP contribution in [0.25, 0.3) is 0 Å². The van der Waals surface area contributed by atoms with Crippen LogP contribution in [0.5, 0.6) is 0 Å². The van der Waals surface area contributed by atoms with Crippen molar-refractivity contribution in [1.29, 1.82) is 0 Å². The Labute approximate surface area is 165 Å². The fraction of sp³-hybridized carbons (Fsp3) is 0.550. The van der Waals surface area contributed by atoms with Gasteiger partial charge in [0.05, 0.1) is 6.54 Å². The highest BCUT2D eigenvalue weighted by atomic mass is 15.3. The van der Waals surface area contributed by atoms with Crippen molar-refractivity contribution < 1.29 is 0 Å². The molecular weight excluding hydrogens is 352 g/mol. The van der Waals surface area contributed by atoms with E-state index in [0.29, 0.717) is 12.5 Å². The third-order valence-electron chi connectivity index (χ3n) is 5.66. The molecule has 28 heavy (non-hydrogen) atoms. The molecule has 1 saturated heterocycles. The van der Waals surface area contributed by atoms with E-state index >= 15 is 0 Å². The molecule has 8 nitrogen and oxygen atoms in total. The molecule has 0 saturated carbocycles. The highest BCUT2D eigenvalue weighted by Crippen LogP contribution is 2.29. The van der Waals surface area contributed by atoms with Crippen molar-refractivity contribution in [2.45, 2.75) is 52.5 Å². The molecule has 1 aliphatic rings. The summed E-state index contributed by atoms with van der Waals surface area (Å²) in [5.74, 6) is 5.38. The van der Waals surface area contributed by atoms with Crippen LogP contribution in [0.4, 0.5) is 5.82 Å². The van der Waals surface area contributed by atoms with Gasteiger partial charge in [-0.2, -0.15) is 0 Å². The van der Waals surface area contributed by atoms with E-state index in [-0.39, 0.29) is 0 Å². The summed E-state index contributed by atoms with van der Waals surface area (Å²) in [7, 11) is 2.07. The number of anilines is 1. The maximum absolute atomic E-state index is 4.65. The molecule has 0 radical (unpaired) electrons. The third-order valence-corrected chi connectivity index (χ3v) is 5.66. The summed E-state index contributed by atoms with van der Waals surface area (Å²) in [5, 5.41) is 8.97. The van der Waals surface area contributed by atoms with Gasteiger partial charge in [-0.3, -0.25) is 0 Å². The Morgan fingerprint density at radius 2 is 1.89 bits per heavy atom. The predicted octanol–water partition coefficient (Wildman–Crippen LogP) is 2.41. The van der Waals surface area contributed by atoms with Crippen molar-refractivity contribution in [3.05, 3.63) is 47.5 Å². The summed E-state index contributed by atoms with van der Waals surface area (Å²) in [4.78, 5) is 15.8. The van der Waals surface area contributed by atoms with Crippen LogP contribution in [0.1, 0.15) is 54.7 Å². The van der Waals surface area contributed by atoms with Gasteiger partial charge < -0.3 is 14.0 Å². The fourth-order valence-corrected chi connectivity index (χ4v) is 3.91. The van der Waals surface area contributed by atoms with Crippen LogP contribution in [0.3, 0.4) is 0 Å². The van der Waals surface area contributed by atoms with Crippen molar-refractivity contribution in [3.8, 4) is 0 Å². The van der Waals surface area contributed by atoms with Crippen LogP contribution < -0.4 is 4.90 Å². The van der Waals surface area contributed by atoms with Gasteiger partial charge in [-0.05, 0) is 33.1 Å². The maximum Gasteiger partial charge on any atom is 0.152 e. The molecule has 3 aromatic rings. The summed E-state index contributed by atoms with van der Waals surface area (Å²) in [6.07, 6.45) is 6.85. The van der Waals surface area contributed by atoms with Crippen molar-refractivity contribution in [2.75, 3.05) is 18.0 Å². The van der Waals surface area contributed by atoms with Crippen LogP contribution in [0.2, 0.25) is 0 Å². The Morgan fingerprint density at radius 3 is 2.57 bits per heavy atom. The molecule has 0 N–H and O–H groups in total. The molecule has 0 atom stereocenters. The smallest absolute Gasteiger partial charge is 0.152 e. The Hall–Kier alpha value is -2.77. The van der Waals surface area contributed by atoms with Crippen LogP contribution >= 0.6 is 0 Å². The normalized spacial score (nSPS) is 15.4. The fourth-order valence-electron chi connectivity index (χ4n) is 3.91. The average molecular weight is 381 g/mol. The van der Waals surface area contributed by atoms with Gasteiger partial charge in [0.25, 0.3) is 0 Å². The Kier molecular flexibility index (Phi) is 5.11. The first-order chi connectivity index (χ1) is 13.5. The lowest BCUT2D eigenvalue weighted by molar-refractivity contribution is 0.469. The van der Waals surface area contributed by atoms with E-state index in [0.717, 1.165) is 67.2 Å². The lowest BCUT2D eigenvalue weighted by Gasteiger charge is -2.32. The van der Waals surface area contributed by atoms with Crippen molar-refractivity contribution in [2.24, 2.45) is 7.05 Å². The van der Waals surface area contributed by atoms with Gasteiger partial charge in [-0.15, -0.1) is 10.2 Å². The lowest BCUT2D eigenvalue weighted by Crippen LogP contribution is -2.34. The minimum atomic E-state index is 0.431. The Morgan fingerprint density at radius 1 is 1.11 bits per heavy atom. The Balaban J connectivity index is 1.44. The molecule has 0 aromatic carbocycles. The van der Waals surface area contributed by atoms with Crippen LogP contribution in [0, 0.1) is 13.8 Å². The largest absolute Gasteiger partial charge is 0.356 e. The van der Waals surface area contributed by atoms with Crippen molar-refractivity contribution in [3.63, 3.8) is 0 Å². The number of rotatable bonds is 5. The third kappa shape index (κ3) is 3.63. The zero-order chi connectivity index (χ0) is 19.7. The average Bonchev–Trinajstić information content (AvgIpc) is 3.27. The predicted molar refractivity (Wildman–Crippen MR) is 107 cm³/mol. The number of imidazole rings is 1. The number of aromatic nitrogens is 7. The van der Waals surface area contributed by atoms with E-state index in [2.05, 4.69) is 59.2 Å². The molecular formula is C20H28N8. The summed E-state index contributed by atoms with van der Waals surface area (Å²) in [6.45, 7) is 8.77.